The molecular weight excluding hydrogens is 294 g/mol. The molecule has 0 bridgehead atoms. The molecule has 0 spiro atoms. The Kier molecular flexibility index (Phi) is 5.03. The third-order valence-corrected chi connectivity index (χ3v) is 3.75. The quantitative estimate of drug-likeness (QED) is 0.799. The van der Waals surface area contributed by atoms with Crippen molar-refractivity contribution >= 4 is 29.3 Å². The number of halogens is 1. The zero-order chi connectivity index (χ0) is 15.4. The van der Waals surface area contributed by atoms with Crippen LogP contribution in [-0.4, -0.2) is 48.2 Å². The fourth-order valence-electron chi connectivity index (χ4n) is 2.30. The van der Waals surface area contributed by atoms with Crippen LogP contribution in [0, 0.1) is 0 Å². The summed E-state index contributed by atoms with van der Waals surface area (Å²) in [6, 6.07) is 4.06. The monoisotopic (exact) mass is 311 g/mol. The zero-order valence-electron chi connectivity index (χ0n) is 11.7. The predicted molar refractivity (Wildman–Crippen MR) is 81.1 cm³/mol. The van der Waals surface area contributed by atoms with Crippen LogP contribution in [0.1, 0.15) is 23.2 Å². The number of rotatable bonds is 3. The first-order chi connectivity index (χ1) is 9.95. The Morgan fingerprint density at radius 3 is 2.62 bits per heavy atom. The van der Waals surface area contributed by atoms with Gasteiger partial charge in [-0.1, -0.05) is 11.6 Å². The number of hydrogen-bond acceptors (Lipinski definition) is 3. The van der Waals surface area contributed by atoms with Crippen LogP contribution in [0.25, 0.3) is 0 Å². The minimum Gasteiger partial charge on any atom is -0.478 e. The summed E-state index contributed by atoms with van der Waals surface area (Å²) in [5, 5.41) is 14.9. The number of aromatic carboxylic acids is 1. The van der Waals surface area contributed by atoms with E-state index < -0.39 is 12.0 Å². The van der Waals surface area contributed by atoms with Gasteiger partial charge >= 0.3 is 12.0 Å². The number of amides is 2. The van der Waals surface area contributed by atoms with Crippen molar-refractivity contribution in [1.29, 1.82) is 0 Å². The van der Waals surface area contributed by atoms with Crippen molar-refractivity contribution in [2.75, 3.05) is 25.5 Å². The molecule has 0 radical (unpaired) electrons. The van der Waals surface area contributed by atoms with E-state index in [0.717, 1.165) is 25.9 Å². The molecule has 0 saturated carbocycles. The molecule has 0 aliphatic carbocycles. The van der Waals surface area contributed by atoms with E-state index in [4.69, 9.17) is 16.7 Å². The third-order valence-electron chi connectivity index (χ3n) is 3.51. The van der Waals surface area contributed by atoms with Crippen LogP contribution in [-0.2, 0) is 0 Å². The van der Waals surface area contributed by atoms with E-state index in [1.165, 1.54) is 12.1 Å². The first-order valence-corrected chi connectivity index (χ1v) is 7.12. The molecule has 3 N–H and O–H groups in total. The Balaban J connectivity index is 1.98. The Morgan fingerprint density at radius 1 is 1.33 bits per heavy atom. The van der Waals surface area contributed by atoms with Crippen LogP contribution in [0.5, 0.6) is 0 Å². The fraction of sp³-hybridized carbons (Fsp3) is 0.429. The van der Waals surface area contributed by atoms with E-state index in [1.54, 1.807) is 6.07 Å². The van der Waals surface area contributed by atoms with Gasteiger partial charge in [0.25, 0.3) is 0 Å². The summed E-state index contributed by atoms with van der Waals surface area (Å²) in [7, 11) is 2.04. The van der Waals surface area contributed by atoms with E-state index in [1.807, 2.05) is 7.05 Å². The molecule has 0 aromatic heterocycles. The molecule has 6 nitrogen and oxygen atoms in total. The lowest BCUT2D eigenvalue weighted by molar-refractivity contribution is 0.0698. The smallest absolute Gasteiger partial charge is 0.337 e. The summed E-state index contributed by atoms with van der Waals surface area (Å²) in [6.07, 6.45) is 1.77. The number of urea groups is 1. The van der Waals surface area contributed by atoms with Gasteiger partial charge in [-0.25, -0.2) is 9.59 Å². The highest BCUT2D eigenvalue weighted by molar-refractivity contribution is 6.31. The standard InChI is InChI=1S/C14H18ClN3O3/c1-18-6-4-10(5-7-18)16-14(21)17-12-3-2-9(15)8-11(12)13(19)20/h2-3,8,10H,4-7H2,1H3,(H,19,20)(H2,16,17,21). The Labute approximate surface area is 128 Å². The number of likely N-dealkylation sites (tertiary alicyclic amines) is 1. The lowest BCUT2D eigenvalue weighted by Gasteiger charge is -2.29. The summed E-state index contributed by atoms with van der Waals surface area (Å²) >= 11 is 5.77. The summed E-state index contributed by atoms with van der Waals surface area (Å²) < 4.78 is 0. The van der Waals surface area contributed by atoms with Crippen molar-refractivity contribution < 1.29 is 14.7 Å². The lowest BCUT2D eigenvalue weighted by atomic mass is 10.1. The SMILES string of the molecule is CN1CCC(NC(=O)Nc2ccc(Cl)cc2C(=O)O)CC1. The van der Waals surface area contributed by atoms with Crippen LogP contribution in [0.2, 0.25) is 5.02 Å². The number of carbonyl (C=O) groups excluding carboxylic acids is 1. The van der Waals surface area contributed by atoms with Gasteiger partial charge in [-0.15, -0.1) is 0 Å². The van der Waals surface area contributed by atoms with Gasteiger partial charge in [0.2, 0.25) is 0 Å². The molecule has 2 amide bonds. The normalized spacial score (nSPS) is 16.5. The van der Waals surface area contributed by atoms with Gasteiger partial charge in [0.1, 0.15) is 0 Å². The van der Waals surface area contributed by atoms with Gasteiger partial charge < -0.3 is 20.6 Å². The highest BCUT2D eigenvalue weighted by Gasteiger charge is 2.19. The Hall–Kier alpha value is -1.79. The number of nitrogens with zero attached hydrogens (tertiary/aromatic N) is 1. The van der Waals surface area contributed by atoms with Crippen molar-refractivity contribution in [3.8, 4) is 0 Å². The molecule has 2 rings (SSSR count). The van der Waals surface area contributed by atoms with Gasteiger partial charge in [-0.3, -0.25) is 0 Å². The molecular formula is C14H18ClN3O3. The summed E-state index contributed by atoms with van der Waals surface area (Å²) in [5.74, 6) is -1.13. The molecule has 0 unspecified atom stereocenters. The maximum atomic E-state index is 12.0. The lowest BCUT2D eigenvalue weighted by Crippen LogP contribution is -2.45. The molecule has 7 heteroatoms. The van der Waals surface area contributed by atoms with E-state index in [9.17, 15) is 9.59 Å². The Morgan fingerprint density at radius 2 is 2.00 bits per heavy atom. The molecule has 0 atom stereocenters. The van der Waals surface area contributed by atoms with E-state index in [-0.39, 0.29) is 17.3 Å². The number of piperidine rings is 1. The third kappa shape index (κ3) is 4.34. The first kappa shape index (κ1) is 15.6. The fourth-order valence-corrected chi connectivity index (χ4v) is 2.47. The average Bonchev–Trinajstić information content (AvgIpc) is 2.43. The van der Waals surface area contributed by atoms with Gasteiger partial charge in [0.15, 0.2) is 0 Å². The van der Waals surface area contributed by atoms with Gasteiger partial charge in [-0.05, 0) is 51.2 Å². The summed E-state index contributed by atoms with van der Waals surface area (Å²) in [6.45, 7) is 1.87. The van der Waals surface area contributed by atoms with Crippen molar-refractivity contribution in [2.45, 2.75) is 18.9 Å². The molecule has 1 aliphatic rings. The molecule has 1 aromatic carbocycles. The van der Waals surface area contributed by atoms with Crippen LogP contribution in [0.3, 0.4) is 0 Å². The number of nitrogens with one attached hydrogen (secondary N) is 2. The number of carboxylic acids is 1. The van der Waals surface area contributed by atoms with Crippen molar-refractivity contribution in [2.24, 2.45) is 0 Å². The van der Waals surface area contributed by atoms with Crippen LogP contribution in [0.15, 0.2) is 18.2 Å². The van der Waals surface area contributed by atoms with E-state index >= 15 is 0 Å². The number of carboxylic acid groups (broad SMARTS) is 1. The minimum atomic E-state index is -1.13. The Bertz CT molecular complexity index is 542. The second-order valence-electron chi connectivity index (χ2n) is 5.17. The predicted octanol–water partition coefficient (Wildman–Crippen LogP) is 2.25. The molecule has 1 saturated heterocycles. The summed E-state index contributed by atoms with van der Waals surface area (Å²) in [4.78, 5) is 25.3. The molecule has 1 aliphatic heterocycles. The van der Waals surface area contributed by atoms with Gasteiger partial charge in [-0.2, -0.15) is 0 Å². The topological polar surface area (TPSA) is 81.7 Å². The second-order valence-corrected chi connectivity index (χ2v) is 5.61. The molecule has 1 aromatic rings. The largest absolute Gasteiger partial charge is 0.478 e. The van der Waals surface area contributed by atoms with Crippen LogP contribution in [0.4, 0.5) is 10.5 Å². The van der Waals surface area contributed by atoms with E-state index in [2.05, 4.69) is 15.5 Å². The minimum absolute atomic E-state index is 0.0268. The van der Waals surface area contributed by atoms with Crippen molar-refractivity contribution in [3.05, 3.63) is 28.8 Å². The highest BCUT2D eigenvalue weighted by atomic mass is 35.5. The number of benzene rings is 1. The van der Waals surface area contributed by atoms with Crippen molar-refractivity contribution in [3.63, 3.8) is 0 Å². The molecule has 114 valence electrons. The maximum Gasteiger partial charge on any atom is 0.337 e. The van der Waals surface area contributed by atoms with Crippen LogP contribution < -0.4 is 10.6 Å². The van der Waals surface area contributed by atoms with Gasteiger partial charge in [0, 0.05) is 11.1 Å². The van der Waals surface area contributed by atoms with Crippen LogP contribution >= 0.6 is 11.6 Å². The molecule has 1 heterocycles. The highest BCUT2D eigenvalue weighted by Crippen LogP contribution is 2.20. The average molecular weight is 312 g/mol. The van der Waals surface area contributed by atoms with Crippen molar-refractivity contribution in [1.82, 2.24) is 10.2 Å². The second kappa shape index (κ2) is 6.78. The maximum absolute atomic E-state index is 12.0. The first-order valence-electron chi connectivity index (χ1n) is 6.74. The van der Waals surface area contributed by atoms with Gasteiger partial charge in [0.05, 0.1) is 11.3 Å². The molecule has 21 heavy (non-hydrogen) atoms. The van der Waals surface area contributed by atoms with E-state index in [0.29, 0.717) is 5.02 Å². The molecule has 1 fully saturated rings. The number of carbonyl (C=O) groups is 2. The zero-order valence-corrected chi connectivity index (χ0v) is 12.5. The number of hydrogen-bond donors (Lipinski definition) is 3. The number of anilines is 1. The summed E-state index contributed by atoms with van der Waals surface area (Å²) in [5.41, 5.74) is 0.207.